The summed E-state index contributed by atoms with van der Waals surface area (Å²) in [4.78, 5) is 32.5. The first-order chi connectivity index (χ1) is 16.8. The summed E-state index contributed by atoms with van der Waals surface area (Å²) in [6.45, 7) is 4.33. The predicted octanol–water partition coefficient (Wildman–Crippen LogP) is 6.30. The van der Waals surface area contributed by atoms with Gasteiger partial charge in [0.2, 0.25) is 11.8 Å². The van der Waals surface area contributed by atoms with Crippen LogP contribution in [0.1, 0.15) is 23.1 Å². The summed E-state index contributed by atoms with van der Waals surface area (Å²) in [5, 5.41) is 3.39. The summed E-state index contributed by atoms with van der Waals surface area (Å²) >= 11 is 7.22. The molecule has 2 amide bonds. The summed E-state index contributed by atoms with van der Waals surface area (Å²) in [6, 6.07) is 19.0. The van der Waals surface area contributed by atoms with Gasteiger partial charge in [0.25, 0.3) is 0 Å². The maximum atomic E-state index is 13.4. The number of rotatable bonds is 6. The molecule has 3 aromatic rings. The number of hydrogen-bond donors (Lipinski definition) is 1. The fraction of sp³-hybridized carbons (Fsp3) is 0.222. The number of nitrogens with one attached hydrogen (secondary N) is 1. The van der Waals surface area contributed by atoms with Crippen LogP contribution >= 0.6 is 23.4 Å². The van der Waals surface area contributed by atoms with Crippen molar-refractivity contribution in [3.8, 4) is 0 Å². The van der Waals surface area contributed by atoms with Crippen molar-refractivity contribution in [1.82, 2.24) is 4.90 Å². The van der Waals surface area contributed by atoms with Crippen molar-refractivity contribution >= 4 is 51.7 Å². The number of halogens is 2. The Labute approximate surface area is 213 Å². The predicted molar refractivity (Wildman–Crippen MR) is 141 cm³/mol. The lowest BCUT2D eigenvalue weighted by atomic mass is 10.1. The summed E-state index contributed by atoms with van der Waals surface area (Å²) in [6.07, 6.45) is 0.662. The maximum absolute atomic E-state index is 13.4. The summed E-state index contributed by atoms with van der Waals surface area (Å²) < 4.78 is 13.4. The van der Waals surface area contributed by atoms with Crippen molar-refractivity contribution in [2.24, 2.45) is 4.99 Å². The van der Waals surface area contributed by atoms with Gasteiger partial charge >= 0.3 is 0 Å². The molecule has 5 nitrogen and oxygen atoms in total. The minimum absolute atomic E-state index is 0.0600. The molecule has 1 unspecified atom stereocenters. The van der Waals surface area contributed by atoms with E-state index in [1.54, 1.807) is 17.0 Å². The standard InChI is InChI=1S/C27H25ClFN3O2S/c1-17-3-12-23(18(2)15-17)31-26(34)24-16-25(33)32(14-13-19-4-6-20(28)7-5-19)27(35-24)30-22-10-8-21(29)9-11-22/h3-12,15,24H,13-14,16H2,1-2H3,(H,31,34). The van der Waals surface area contributed by atoms with Crippen LogP contribution in [-0.2, 0) is 16.0 Å². The monoisotopic (exact) mass is 509 g/mol. The number of benzene rings is 3. The SMILES string of the molecule is Cc1ccc(NC(=O)C2CC(=O)N(CCc3ccc(Cl)cc3)C(=Nc3ccc(F)cc3)S2)c(C)c1. The zero-order valence-electron chi connectivity index (χ0n) is 19.4. The summed E-state index contributed by atoms with van der Waals surface area (Å²) in [5.74, 6) is -0.801. The van der Waals surface area contributed by atoms with Crippen molar-refractivity contribution in [2.45, 2.75) is 31.9 Å². The maximum Gasteiger partial charge on any atom is 0.238 e. The Hall–Kier alpha value is -3.16. The summed E-state index contributed by atoms with van der Waals surface area (Å²) in [5.41, 5.74) is 4.32. The number of amidine groups is 1. The number of hydrogen-bond acceptors (Lipinski definition) is 4. The van der Waals surface area contributed by atoms with Crippen molar-refractivity contribution in [3.05, 3.63) is 94.3 Å². The van der Waals surface area contributed by atoms with Gasteiger partial charge in [0.15, 0.2) is 5.17 Å². The van der Waals surface area contributed by atoms with Gasteiger partial charge in [-0.05, 0) is 73.9 Å². The zero-order chi connectivity index (χ0) is 24.9. The van der Waals surface area contributed by atoms with E-state index >= 15 is 0 Å². The topological polar surface area (TPSA) is 61.8 Å². The van der Waals surface area contributed by atoms with Gasteiger partial charge in [-0.2, -0.15) is 0 Å². The molecule has 180 valence electrons. The lowest BCUT2D eigenvalue weighted by Gasteiger charge is -2.32. The van der Waals surface area contributed by atoms with Crippen LogP contribution in [0, 0.1) is 19.7 Å². The number of aryl methyl sites for hydroxylation is 2. The molecule has 0 saturated carbocycles. The Morgan fingerprint density at radius 3 is 2.51 bits per heavy atom. The lowest BCUT2D eigenvalue weighted by Crippen LogP contribution is -2.46. The van der Waals surface area contributed by atoms with Gasteiger partial charge in [-0.3, -0.25) is 14.5 Å². The highest BCUT2D eigenvalue weighted by Gasteiger charge is 2.36. The largest absolute Gasteiger partial charge is 0.325 e. The zero-order valence-corrected chi connectivity index (χ0v) is 21.0. The number of carbonyl (C=O) groups is 2. The fourth-order valence-electron chi connectivity index (χ4n) is 3.75. The minimum atomic E-state index is -0.630. The van der Waals surface area contributed by atoms with Crippen LogP contribution in [0.25, 0.3) is 0 Å². The van der Waals surface area contributed by atoms with Crippen molar-refractivity contribution < 1.29 is 14.0 Å². The van der Waals surface area contributed by atoms with Crippen molar-refractivity contribution in [3.63, 3.8) is 0 Å². The molecule has 4 rings (SSSR count). The van der Waals surface area contributed by atoms with E-state index in [0.29, 0.717) is 28.8 Å². The van der Waals surface area contributed by atoms with Gasteiger partial charge in [-0.15, -0.1) is 0 Å². The quantitative estimate of drug-likeness (QED) is 0.424. The Morgan fingerprint density at radius 1 is 1.11 bits per heavy atom. The molecular formula is C27H25ClFN3O2S. The van der Waals surface area contributed by atoms with Crippen LogP contribution in [0.2, 0.25) is 5.02 Å². The second-order valence-corrected chi connectivity index (χ2v) is 10.0. The average Bonchev–Trinajstić information content (AvgIpc) is 2.82. The van der Waals surface area contributed by atoms with Gasteiger partial charge in [0.05, 0.1) is 5.69 Å². The summed E-state index contributed by atoms with van der Waals surface area (Å²) in [7, 11) is 0. The molecule has 3 aromatic carbocycles. The third kappa shape index (κ3) is 6.50. The Bertz CT molecular complexity index is 1260. The first-order valence-corrected chi connectivity index (χ1v) is 12.5. The molecule has 35 heavy (non-hydrogen) atoms. The van der Waals surface area contributed by atoms with Crippen LogP contribution in [0.3, 0.4) is 0 Å². The molecule has 0 aromatic heterocycles. The number of amides is 2. The molecule has 0 spiro atoms. The Morgan fingerprint density at radius 2 is 1.83 bits per heavy atom. The molecule has 1 N–H and O–H groups in total. The van der Waals surface area contributed by atoms with Crippen LogP contribution in [0.15, 0.2) is 71.7 Å². The minimum Gasteiger partial charge on any atom is -0.325 e. The number of aliphatic imine (C=N–C) groups is 1. The van der Waals surface area contributed by atoms with Crippen molar-refractivity contribution in [2.75, 3.05) is 11.9 Å². The molecule has 1 aliphatic heterocycles. The highest BCUT2D eigenvalue weighted by atomic mass is 35.5. The van der Waals surface area contributed by atoms with E-state index in [2.05, 4.69) is 10.3 Å². The molecular weight excluding hydrogens is 485 g/mol. The molecule has 0 radical (unpaired) electrons. The third-order valence-corrected chi connectivity index (χ3v) is 7.10. The van der Waals surface area contributed by atoms with E-state index in [-0.39, 0.29) is 24.1 Å². The number of anilines is 1. The number of carbonyl (C=O) groups excluding carboxylic acids is 2. The highest BCUT2D eigenvalue weighted by molar-refractivity contribution is 8.15. The molecule has 1 saturated heterocycles. The second-order valence-electron chi connectivity index (χ2n) is 8.41. The second kappa shape index (κ2) is 11.1. The lowest BCUT2D eigenvalue weighted by molar-refractivity contribution is -0.129. The molecule has 1 atom stereocenters. The van der Waals surface area contributed by atoms with Crippen LogP contribution in [-0.4, -0.2) is 33.7 Å². The van der Waals surface area contributed by atoms with E-state index < -0.39 is 5.25 Å². The average molecular weight is 510 g/mol. The Balaban J connectivity index is 1.55. The van der Waals surface area contributed by atoms with E-state index in [9.17, 15) is 14.0 Å². The molecule has 1 aliphatic rings. The van der Waals surface area contributed by atoms with Gasteiger partial charge in [-0.25, -0.2) is 9.38 Å². The first-order valence-electron chi connectivity index (χ1n) is 11.2. The molecule has 0 aliphatic carbocycles. The number of nitrogens with zero attached hydrogens (tertiary/aromatic N) is 2. The van der Waals surface area contributed by atoms with Crippen LogP contribution < -0.4 is 5.32 Å². The van der Waals surface area contributed by atoms with Crippen LogP contribution in [0.4, 0.5) is 15.8 Å². The fourth-order valence-corrected chi connectivity index (χ4v) is 5.00. The molecule has 8 heteroatoms. The smallest absolute Gasteiger partial charge is 0.238 e. The van der Waals surface area contributed by atoms with Gasteiger partial charge in [-0.1, -0.05) is 53.2 Å². The third-order valence-electron chi connectivity index (χ3n) is 5.66. The Kier molecular flexibility index (Phi) is 7.88. The van der Waals surface area contributed by atoms with Gasteiger partial charge in [0, 0.05) is 23.7 Å². The highest BCUT2D eigenvalue weighted by Crippen LogP contribution is 2.30. The van der Waals surface area contributed by atoms with Crippen LogP contribution in [0.5, 0.6) is 0 Å². The van der Waals surface area contributed by atoms with Gasteiger partial charge < -0.3 is 5.32 Å². The molecule has 0 bridgehead atoms. The normalized spacial score (nSPS) is 17.0. The molecule has 1 fully saturated rings. The van der Waals surface area contributed by atoms with E-state index in [1.807, 2.05) is 56.3 Å². The first kappa shape index (κ1) is 24.9. The van der Waals surface area contributed by atoms with E-state index in [0.717, 1.165) is 22.4 Å². The van der Waals surface area contributed by atoms with E-state index in [1.165, 1.54) is 23.9 Å². The molecule has 1 heterocycles. The van der Waals surface area contributed by atoms with Gasteiger partial charge in [0.1, 0.15) is 11.1 Å². The van der Waals surface area contributed by atoms with E-state index in [4.69, 9.17) is 11.6 Å². The van der Waals surface area contributed by atoms with Crippen molar-refractivity contribution in [1.29, 1.82) is 0 Å². The number of thioether (sulfide) groups is 1.